The highest BCUT2D eigenvalue weighted by Crippen LogP contribution is 2.14. The summed E-state index contributed by atoms with van der Waals surface area (Å²) in [6, 6.07) is 6.24. The first kappa shape index (κ1) is 16.6. The van der Waals surface area contributed by atoms with Crippen LogP contribution in [0, 0.1) is 6.92 Å². The fraction of sp³-hybridized carbons (Fsp3) is 0.500. The molecule has 120 valence electrons. The fourth-order valence-electron chi connectivity index (χ4n) is 2.63. The number of hydrogen-bond acceptors (Lipinski definition) is 5. The van der Waals surface area contributed by atoms with Gasteiger partial charge in [0.1, 0.15) is 12.7 Å². The van der Waals surface area contributed by atoms with Crippen LogP contribution in [0.1, 0.15) is 18.1 Å². The van der Waals surface area contributed by atoms with E-state index in [4.69, 9.17) is 0 Å². The number of benzene rings is 1. The Morgan fingerprint density at radius 1 is 1.36 bits per heavy atom. The second-order valence-electron chi connectivity index (χ2n) is 6.30. The number of nitrogens with zero attached hydrogens (tertiary/aromatic N) is 4. The lowest BCUT2D eigenvalue weighted by atomic mass is 10.1. The number of hydrogen-bond donors (Lipinski definition) is 2. The Bertz CT molecular complexity index is 593. The smallest absolute Gasteiger partial charge is 0.138 e. The third-order valence-electron chi connectivity index (χ3n) is 3.42. The minimum absolute atomic E-state index is 0.551. The van der Waals surface area contributed by atoms with Gasteiger partial charge in [0.2, 0.25) is 0 Å². The molecule has 2 aromatic rings. The molecule has 2 rings (SSSR count). The fourth-order valence-corrected chi connectivity index (χ4v) is 2.63. The SMILES string of the molecule is Cc1cc(CNCC(C)(O)CN(C)C)ccc1-n1cncn1. The Kier molecular flexibility index (Phi) is 5.28. The lowest BCUT2D eigenvalue weighted by Crippen LogP contribution is -2.45. The molecule has 22 heavy (non-hydrogen) atoms. The predicted octanol–water partition coefficient (Wildman–Crippen LogP) is 0.978. The Labute approximate surface area is 131 Å². The first-order valence-electron chi connectivity index (χ1n) is 7.40. The quantitative estimate of drug-likeness (QED) is 0.798. The zero-order valence-corrected chi connectivity index (χ0v) is 13.7. The van der Waals surface area contributed by atoms with Crippen LogP contribution in [-0.2, 0) is 6.54 Å². The van der Waals surface area contributed by atoms with Crippen LogP contribution in [0.5, 0.6) is 0 Å². The van der Waals surface area contributed by atoms with Gasteiger partial charge in [-0.1, -0.05) is 12.1 Å². The first-order valence-corrected chi connectivity index (χ1v) is 7.40. The topological polar surface area (TPSA) is 66.2 Å². The van der Waals surface area contributed by atoms with Crippen LogP contribution in [-0.4, -0.2) is 57.6 Å². The van der Waals surface area contributed by atoms with Crippen LogP contribution < -0.4 is 5.32 Å². The van der Waals surface area contributed by atoms with Gasteiger partial charge in [-0.3, -0.25) is 0 Å². The van der Waals surface area contributed by atoms with Crippen LogP contribution in [0.15, 0.2) is 30.9 Å². The maximum Gasteiger partial charge on any atom is 0.138 e. The van der Waals surface area contributed by atoms with Gasteiger partial charge in [-0.25, -0.2) is 9.67 Å². The van der Waals surface area contributed by atoms with Gasteiger partial charge in [0.15, 0.2) is 0 Å². The van der Waals surface area contributed by atoms with Crippen molar-refractivity contribution < 1.29 is 5.11 Å². The Balaban J connectivity index is 1.93. The summed E-state index contributed by atoms with van der Waals surface area (Å²) in [5, 5.41) is 17.7. The standard InChI is InChI=1S/C16H25N5O/c1-13-7-14(5-6-15(13)21-12-18-11-19-21)8-17-9-16(2,22)10-20(3)4/h5-7,11-12,17,22H,8-10H2,1-4H3. The van der Waals surface area contributed by atoms with E-state index in [9.17, 15) is 5.11 Å². The lowest BCUT2D eigenvalue weighted by molar-refractivity contribution is 0.0336. The zero-order valence-electron chi connectivity index (χ0n) is 13.7. The first-order chi connectivity index (χ1) is 10.4. The van der Waals surface area contributed by atoms with Crippen LogP contribution in [0.2, 0.25) is 0 Å². The third kappa shape index (κ3) is 4.62. The van der Waals surface area contributed by atoms with Crippen molar-refractivity contribution in [3.63, 3.8) is 0 Å². The number of rotatable bonds is 7. The molecule has 1 unspecified atom stereocenters. The summed E-state index contributed by atoms with van der Waals surface area (Å²) < 4.78 is 1.76. The van der Waals surface area contributed by atoms with Gasteiger partial charge in [-0.05, 0) is 45.1 Å². The van der Waals surface area contributed by atoms with E-state index < -0.39 is 5.60 Å². The summed E-state index contributed by atoms with van der Waals surface area (Å²) in [5.41, 5.74) is 2.62. The van der Waals surface area contributed by atoms with Gasteiger partial charge < -0.3 is 15.3 Å². The monoisotopic (exact) mass is 303 g/mol. The maximum absolute atomic E-state index is 10.3. The van der Waals surface area contributed by atoms with Crippen LogP contribution >= 0.6 is 0 Å². The summed E-state index contributed by atoms with van der Waals surface area (Å²) in [6.45, 7) is 5.81. The molecule has 1 atom stereocenters. The Morgan fingerprint density at radius 2 is 2.14 bits per heavy atom. The summed E-state index contributed by atoms with van der Waals surface area (Å²) in [7, 11) is 3.92. The normalized spacial score (nSPS) is 14.3. The second-order valence-corrected chi connectivity index (χ2v) is 6.30. The lowest BCUT2D eigenvalue weighted by Gasteiger charge is -2.27. The summed E-state index contributed by atoms with van der Waals surface area (Å²) >= 11 is 0. The predicted molar refractivity (Wildman–Crippen MR) is 87.0 cm³/mol. The van der Waals surface area contributed by atoms with E-state index in [1.807, 2.05) is 32.0 Å². The van der Waals surface area contributed by atoms with Crippen molar-refractivity contribution >= 4 is 0 Å². The highest BCUT2D eigenvalue weighted by Gasteiger charge is 2.20. The number of nitrogens with one attached hydrogen (secondary N) is 1. The average Bonchev–Trinajstić information content (AvgIpc) is 2.90. The largest absolute Gasteiger partial charge is 0.388 e. The molecule has 0 aliphatic rings. The second kappa shape index (κ2) is 7.00. The number of aromatic nitrogens is 3. The minimum atomic E-state index is -0.737. The van der Waals surface area contributed by atoms with Crippen molar-refractivity contribution in [2.75, 3.05) is 27.2 Å². The van der Waals surface area contributed by atoms with Crippen molar-refractivity contribution in [2.24, 2.45) is 0 Å². The highest BCUT2D eigenvalue weighted by atomic mass is 16.3. The van der Waals surface area contributed by atoms with Crippen molar-refractivity contribution in [3.8, 4) is 5.69 Å². The van der Waals surface area contributed by atoms with Crippen LogP contribution in [0.3, 0.4) is 0 Å². The van der Waals surface area contributed by atoms with E-state index in [2.05, 4.69) is 34.5 Å². The molecule has 0 amide bonds. The van der Waals surface area contributed by atoms with Gasteiger partial charge in [0.25, 0.3) is 0 Å². The zero-order chi connectivity index (χ0) is 16.2. The Hall–Kier alpha value is -1.76. The van der Waals surface area contributed by atoms with Gasteiger partial charge in [0, 0.05) is 19.6 Å². The molecule has 0 saturated carbocycles. The minimum Gasteiger partial charge on any atom is -0.388 e. The molecule has 0 aliphatic heterocycles. The van der Waals surface area contributed by atoms with Crippen molar-refractivity contribution in [1.29, 1.82) is 0 Å². The molecular weight excluding hydrogens is 278 g/mol. The van der Waals surface area contributed by atoms with E-state index >= 15 is 0 Å². The van der Waals surface area contributed by atoms with Crippen LogP contribution in [0.25, 0.3) is 5.69 Å². The van der Waals surface area contributed by atoms with E-state index in [1.54, 1.807) is 11.0 Å². The molecule has 1 aromatic carbocycles. The molecule has 1 heterocycles. The van der Waals surface area contributed by atoms with Crippen LogP contribution in [0.4, 0.5) is 0 Å². The van der Waals surface area contributed by atoms with Gasteiger partial charge in [0.05, 0.1) is 11.3 Å². The molecule has 6 heteroatoms. The molecule has 0 fully saturated rings. The van der Waals surface area contributed by atoms with Gasteiger partial charge in [-0.15, -0.1) is 0 Å². The molecular formula is C16H25N5O. The average molecular weight is 303 g/mol. The van der Waals surface area contributed by atoms with Gasteiger partial charge in [-0.2, -0.15) is 5.10 Å². The van der Waals surface area contributed by atoms with E-state index in [-0.39, 0.29) is 0 Å². The van der Waals surface area contributed by atoms with E-state index in [0.717, 1.165) is 17.8 Å². The van der Waals surface area contributed by atoms with Gasteiger partial charge >= 0.3 is 0 Å². The third-order valence-corrected chi connectivity index (χ3v) is 3.42. The molecule has 0 aliphatic carbocycles. The number of aryl methyl sites for hydroxylation is 1. The highest BCUT2D eigenvalue weighted by molar-refractivity contribution is 5.41. The Morgan fingerprint density at radius 3 is 2.73 bits per heavy atom. The molecule has 0 saturated heterocycles. The van der Waals surface area contributed by atoms with Crippen molar-refractivity contribution in [2.45, 2.75) is 26.0 Å². The van der Waals surface area contributed by atoms with Crippen molar-refractivity contribution in [3.05, 3.63) is 42.0 Å². The molecule has 0 spiro atoms. The summed E-state index contributed by atoms with van der Waals surface area (Å²) in [6.07, 6.45) is 3.22. The molecule has 0 bridgehead atoms. The maximum atomic E-state index is 10.3. The number of aliphatic hydroxyl groups is 1. The number of likely N-dealkylation sites (N-methyl/N-ethyl adjacent to an activating group) is 1. The van der Waals surface area contributed by atoms with E-state index in [0.29, 0.717) is 13.1 Å². The molecule has 2 N–H and O–H groups in total. The van der Waals surface area contributed by atoms with Crippen molar-refractivity contribution in [1.82, 2.24) is 25.0 Å². The summed E-state index contributed by atoms with van der Waals surface area (Å²) in [5.74, 6) is 0. The summed E-state index contributed by atoms with van der Waals surface area (Å²) in [4.78, 5) is 5.95. The van der Waals surface area contributed by atoms with E-state index in [1.165, 1.54) is 11.9 Å². The molecule has 6 nitrogen and oxygen atoms in total. The molecule has 0 radical (unpaired) electrons. The molecule has 1 aromatic heterocycles.